The second-order valence-electron chi connectivity index (χ2n) is 11.7. The third-order valence-corrected chi connectivity index (χ3v) is 8.38. The second-order valence-corrected chi connectivity index (χ2v) is 11.7. The maximum absolute atomic E-state index is 14.1. The van der Waals surface area contributed by atoms with Crippen molar-refractivity contribution in [2.45, 2.75) is 45.4 Å². The van der Waals surface area contributed by atoms with Crippen LogP contribution in [0.25, 0.3) is 11.1 Å². The molecule has 0 fully saturated rings. The highest BCUT2D eigenvalue weighted by Crippen LogP contribution is 2.52. The molecule has 0 aromatic heterocycles. The molecule has 0 bridgehead atoms. The maximum Gasteiger partial charge on any atom is 0.255 e. The van der Waals surface area contributed by atoms with Gasteiger partial charge >= 0.3 is 0 Å². The van der Waals surface area contributed by atoms with E-state index in [1.807, 2.05) is 39.0 Å². The van der Waals surface area contributed by atoms with Gasteiger partial charge in [-0.1, -0.05) is 26.8 Å². The normalized spacial score (nSPS) is 23.9. The molecule has 1 unspecified atom stereocenters. The Bertz CT molecular complexity index is 1560. The van der Waals surface area contributed by atoms with Crippen LogP contribution in [0, 0.1) is 17.8 Å². The van der Waals surface area contributed by atoms with E-state index in [4.69, 9.17) is 15.2 Å². The average Bonchev–Trinajstić information content (AvgIpc) is 3.30. The number of phenols is 1. The third-order valence-electron chi connectivity index (χ3n) is 8.38. The smallest absolute Gasteiger partial charge is 0.255 e. The van der Waals surface area contributed by atoms with Crippen LogP contribution >= 0.6 is 0 Å². The number of ketones is 2. The van der Waals surface area contributed by atoms with Crippen molar-refractivity contribution in [3.63, 3.8) is 0 Å². The van der Waals surface area contributed by atoms with Crippen molar-refractivity contribution in [1.29, 1.82) is 0 Å². The zero-order valence-electron chi connectivity index (χ0n) is 21.8. The molecule has 39 heavy (non-hydrogen) atoms. The van der Waals surface area contributed by atoms with E-state index in [9.17, 15) is 29.7 Å². The van der Waals surface area contributed by atoms with Gasteiger partial charge in [-0.05, 0) is 65.0 Å². The van der Waals surface area contributed by atoms with Crippen molar-refractivity contribution in [3.05, 3.63) is 63.6 Å². The summed E-state index contributed by atoms with van der Waals surface area (Å²) >= 11 is 0. The van der Waals surface area contributed by atoms with E-state index in [1.165, 1.54) is 0 Å². The topological polar surface area (TPSA) is 156 Å². The molecule has 2 aromatic carbocycles. The summed E-state index contributed by atoms with van der Waals surface area (Å²) in [4.78, 5) is 39.1. The summed E-state index contributed by atoms with van der Waals surface area (Å²) < 4.78 is 11.0. The lowest BCUT2D eigenvalue weighted by molar-refractivity contribution is -0.126. The number of hydrogen-bond acceptors (Lipinski definition) is 8. The van der Waals surface area contributed by atoms with Crippen LogP contribution in [0.15, 0.2) is 46.9 Å². The Balaban J connectivity index is 1.55. The SMILES string of the molecule is CC(C)(C)c1cc(-c2ccc3c(c2)OCO3)c2c(c1O)C(=O)C1=C(O)C3C(=O)C(C(N)=O)=C(O)C[C@@H]3C[C@@H]1C2. The standard InChI is InChI=1S/C30H29NO8/c1-30(2,3)17-10-15(12-4-5-19-20(9-12)39-11-38-19)16-7-13-6-14-8-18(32)24(29(31)37)28(36)22(14)26(34)21(13)27(35)23(16)25(17)33/h4-5,9-10,13-14,22,32-34H,6-8,11H2,1-3H3,(H2,31,37)/t13-,14+,22?/m1/s1. The summed E-state index contributed by atoms with van der Waals surface area (Å²) in [7, 11) is 0. The number of aliphatic hydroxyl groups is 2. The minimum absolute atomic E-state index is 0.00715. The minimum atomic E-state index is -1.15. The zero-order chi connectivity index (χ0) is 28.0. The second kappa shape index (κ2) is 8.36. The number of hydrogen-bond donors (Lipinski definition) is 4. The first kappa shape index (κ1) is 25.0. The number of aromatic hydroxyl groups is 1. The molecule has 5 N–H and O–H groups in total. The Morgan fingerprint density at radius 3 is 2.44 bits per heavy atom. The Kier molecular flexibility index (Phi) is 5.37. The number of carbonyl (C=O) groups is 3. The highest BCUT2D eigenvalue weighted by molar-refractivity contribution is 6.22. The molecule has 4 aliphatic rings. The molecule has 9 heteroatoms. The molecule has 202 valence electrons. The van der Waals surface area contributed by atoms with Crippen molar-refractivity contribution in [2.24, 2.45) is 23.5 Å². The number of rotatable bonds is 2. The summed E-state index contributed by atoms with van der Waals surface area (Å²) in [5, 5.41) is 33.2. The summed E-state index contributed by atoms with van der Waals surface area (Å²) in [6.45, 7) is 5.91. The Labute approximate surface area is 224 Å². The van der Waals surface area contributed by atoms with Crippen LogP contribution in [-0.2, 0) is 21.4 Å². The number of aliphatic hydroxyl groups excluding tert-OH is 2. The highest BCUT2D eigenvalue weighted by atomic mass is 16.7. The molecule has 0 spiro atoms. The van der Waals surface area contributed by atoms with Gasteiger partial charge in [0.2, 0.25) is 6.79 Å². The molecule has 1 heterocycles. The average molecular weight is 532 g/mol. The Morgan fingerprint density at radius 1 is 1.03 bits per heavy atom. The van der Waals surface area contributed by atoms with E-state index in [-0.39, 0.29) is 35.9 Å². The van der Waals surface area contributed by atoms with Gasteiger partial charge in [0.25, 0.3) is 5.91 Å². The van der Waals surface area contributed by atoms with Crippen LogP contribution in [0.4, 0.5) is 0 Å². The maximum atomic E-state index is 14.1. The van der Waals surface area contributed by atoms with Gasteiger partial charge in [-0.15, -0.1) is 0 Å². The number of phenolic OH excluding ortho intramolecular Hbond substituents is 1. The van der Waals surface area contributed by atoms with E-state index < -0.39 is 52.0 Å². The first-order chi connectivity index (χ1) is 18.4. The highest BCUT2D eigenvalue weighted by Gasteiger charge is 2.50. The Hall–Kier alpha value is -4.27. The molecule has 9 nitrogen and oxygen atoms in total. The predicted molar refractivity (Wildman–Crippen MR) is 140 cm³/mol. The number of nitrogens with two attached hydrogens (primary N) is 1. The molecular weight excluding hydrogens is 502 g/mol. The van der Waals surface area contributed by atoms with Crippen LogP contribution in [-0.4, -0.2) is 39.6 Å². The lowest BCUT2D eigenvalue weighted by Gasteiger charge is -2.41. The van der Waals surface area contributed by atoms with E-state index in [0.717, 1.165) is 11.1 Å². The van der Waals surface area contributed by atoms with Crippen LogP contribution in [0.1, 0.15) is 55.1 Å². The van der Waals surface area contributed by atoms with Crippen LogP contribution < -0.4 is 15.2 Å². The number of primary amides is 1. The van der Waals surface area contributed by atoms with Crippen molar-refractivity contribution < 1.29 is 39.2 Å². The molecule has 3 atom stereocenters. The van der Waals surface area contributed by atoms with E-state index in [0.29, 0.717) is 35.5 Å². The first-order valence-corrected chi connectivity index (χ1v) is 12.9. The van der Waals surface area contributed by atoms with E-state index in [2.05, 4.69) is 0 Å². The number of amides is 1. The molecule has 0 saturated carbocycles. The van der Waals surface area contributed by atoms with Gasteiger partial charge in [-0.25, -0.2) is 0 Å². The number of benzene rings is 2. The van der Waals surface area contributed by atoms with Crippen molar-refractivity contribution in [3.8, 4) is 28.4 Å². The lowest BCUT2D eigenvalue weighted by Crippen LogP contribution is -2.43. The van der Waals surface area contributed by atoms with Crippen LogP contribution in [0.3, 0.4) is 0 Å². The summed E-state index contributed by atoms with van der Waals surface area (Å²) in [5.41, 5.74) is 7.20. The number of carbonyl (C=O) groups excluding carboxylic acids is 3. The largest absolute Gasteiger partial charge is 0.511 e. The molecule has 3 aliphatic carbocycles. The molecule has 6 rings (SSSR count). The predicted octanol–water partition coefficient (Wildman–Crippen LogP) is 4.16. The van der Waals surface area contributed by atoms with Crippen LogP contribution in [0.5, 0.6) is 17.2 Å². The number of Topliss-reactive ketones (excluding diaryl/α,β-unsaturated/α-hetero) is 2. The summed E-state index contributed by atoms with van der Waals surface area (Å²) in [5.74, 6) is -4.25. The Morgan fingerprint density at radius 2 is 1.74 bits per heavy atom. The van der Waals surface area contributed by atoms with Crippen molar-refractivity contribution >= 4 is 17.5 Å². The van der Waals surface area contributed by atoms with E-state index in [1.54, 1.807) is 6.07 Å². The third kappa shape index (κ3) is 3.63. The minimum Gasteiger partial charge on any atom is -0.511 e. The zero-order valence-corrected chi connectivity index (χ0v) is 21.8. The molecule has 1 aliphatic heterocycles. The van der Waals surface area contributed by atoms with Gasteiger partial charge in [0.1, 0.15) is 22.8 Å². The quantitative estimate of drug-likeness (QED) is 0.421. The number of allylic oxidation sites excluding steroid dienone is 3. The van der Waals surface area contributed by atoms with Gasteiger partial charge in [-0.3, -0.25) is 14.4 Å². The van der Waals surface area contributed by atoms with Gasteiger partial charge in [0, 0.05) is 17.6 Å². The summed E-state index contributed by atoms with van der Waals surface area (Å²) in [6.07, 6.45) is 0.652. The van der Waals surface area contributed by atoms with Crippen LogP contribution in [0.2, 0.25) is 0 Å². The van der Waals surface area contributed by atoms with Gasteiger partial charge in [-0.2, -0.15) is 0 Å². The number of ether oxygens (including phenoxy) is 2. The molecule has 0 radical (unpaired) electrons. The number of fused-ring (bicyclic) bond motifs is 4. The van der Waals surface area contributed by atoms with Crippen molar-refractivity contribution in [2.75, 3.05) is 6.79 Å². The van der Waals surface area contributed by atoms with E-state index >= 15 is 0 Å². The molecular formula is C30H29NO8. The first-order valence-electron chi connectivity index (χ1n) is 12.9. The van der Waals surface area contributed by atoms with Gasteiger partial charge in [0.05, 0.1) is 11.5 Å². The fourth-order valence-electron chi connectivity index (χ4n) is 6.60. The fourth-order valence-corrected chi connectivity index (χ4v) is 6.60. The molecule has 0 saturated heterocycles. The molecule has 1 amide bonds. The van der Waals surface area contributed by atoms with Gasteiger partial charge in [0.15, 0.2) is 23.1 Å². The summed E-state index contributed by atoms with van der Waals surface area (Å²) in [6, 6.07) is 7.43. The lowest BCUT2D eigenvalue weighted by atomic mass is 9.61. The fraction of sp³-hybridized carbons (Fsp3) is 0.367. The van der Waals surface area contributed by atoms with Gasteiger partial charge < -0.3 is 30.5 Å². The monoisotopic (exact) mass is 531 g/mol. The van der Waals surface area contributed by atoms with Crippen molar-refractivity contribution in [1.82, 2.24) is 0 Å². The molecule has 2 aromatic rings.